The second-order valence-corrected chi connectivity index (χ2v) is 8.90. The highest BCUT2D eigenvalue weighted by Crippen LogP contribution is 2.47. The van der Waals surface area contributed by atoms with Crippen LogP contribution < -0.4 is 20.7 Å². The molecule has 37 heavy (non-hydrogen) atoms. The number of fused-ring (bicyclic) bond motifs is 5. The average molecular weight is 499 g/mol. The van der Waals surface area contributed by atoms with Crippen molar-refractivity contribution in [3.63, 3.8) is 0 Å². The Morgan fingerprint density at radius 3 is 2.41 bits per heavy atom. The van der Waals surface area contributed by atoms with Gasteiger partial charge >= 0.3 is 5.69 Å². The van der Waals surface area contributed by atoms with Crippen LogP contribution in [-0.2, 0) is 14.1 Å². The second-order valence-electron chi connectivity index (χ2n) is 8.90. The lowest BCUT2D eigenvalue weighted by Crippen LogP contribution is -2.37. The first kappa shape index (κ1) is 22.7. The maximum Gasteiger partial charge on any atom is 0.331 e. The summed E-state index contributed by atoms with van der Waals surface area (Å²) in [6.45, 7) is 0. The fourth-order valence-electron chi connectivity index (χ4n) is 5.09. The van der Waals surface area contributed by atoms with Gasteiger partial charge in [-0.05, 0) is 54.1 Å². The molecule has 0 aliphatic carbocycles. The minimum Gasteiger partial charge on any atom is -0.504 e. The number of para-hydroxylation sites is 2. The quantitative estimate of drug-likeness (QED) is 0.405. The summed E-state index contributed by atoms with van der Waals surface area (Å²) in [5.41, 5.74) is 2.32. The first-order valence-corrected chi connectivity index (χ1v) is 11.5. The maximum absolute atomic E-state index is 13.9. The van der Waals surface area contributed by atoms with Crippen molar-refractivity contribution in [2.45, 2.75) is 6.10 Å². The van der Waals surface area contributed by atoms with E-state index < -0.39 is 23.2 Å². The molecule has 1 aliphatic heterocycles. The molecule has 1 N–H and O–H groups in total. The minimum atomic E-state index is -0.791. The molecule has 186 valence electrons. The van der Waals surface area contributed by atoms with Crippen LogP contribution in [0.2, 0.25) is 0 Å². The summed E-state index contributed by atoms with van der Waals surface area (Å²) in [6, 6.07) is 18.2. The van der Waals surface area contributed by atoms with E-state index in [1.807, 2.05) is 28.8 Å². The van der Waals surface area contributed by atoms with Crippen LogP contribution in [0.25, 0.3) is 27.8 Å². The number of hydrogen-bond donors (Lipinski definition) is 1. The Hall–Kier alpha value is -4.79. The third kappa shape index (κ3) is 3.20. The zero-order chi connectivity index (χ0) is 26.0. The van der Waals surface area contributed by atoms with E-state index >= 15 is 0 Å². The molecule has 3 aromatic carbocycles. The third-order valence-electron chi connectivity index (χ3n) is 6.83. The van der Waals surface area contributed by atoms with Gasteiger partial charge in [0.1, 0.15) is 11.6 Å². The Morgan fingerprint density at radius 2 is 1.70 bits per heavy atom. The van der Waals surface area contributed by atoms with Crippen LogP contribution in [0.15, 0.2) is 76.3 Å². The fourth-order valence-corrected chi connectivity index (χ4v) is 5.09. The number of benzene rings is 3. The minimum absolute atomic E-state index is 0.0755. The monoisotopic (exact) mass is 499 g/mol. The van der Waals surface area contributed by atoms with Crippen molar-refractivity contribution in [2.24, 2.45) is 14.1 Å². The zero-order valence-corrected chi connectivity index (χ0v) is 20.2. The van der Waals surface area contributed by atoms with Gasteiger partial charge in [0.15, 0.2) is 17.6 Å². The van der Waals surface area contributed by atoms with E-state index in [1.165, 1.54) is 36.9 Å². The van der Waals surface area contributed by atoms with Gasteiger partial charge in [0.05, 0.1) is 35.1 Å². The number of rotatable bonds is 3. The standard InChI is InChI=1S/C28H22FN3O5/c1-30-24-22(27(34)31(2)28(30)35)23(15-8-11-17(29)12-9-15)32-18-6-4-5-7-20(18)37-26(25(24)32)16-10-13-21(36-3)19(33)14-16/h4-14,26,33H,1-3H3/t26-/m1/s1. The predicted molar refractivity (Wildman–Crippen MR) is 136 cm³/mol. The highest BCUT2D eigenvalue weighted by molar-refractivity contribution is 5.98. The summed E-state index contributed by atoms with van der Waals surface area (Å²) < 4.78 is 29.9. The van der Waals surface area contributed by atoms with Crippen molar-refractivity contribution in [1.82, 2.24) is 13.7 Å². The lowest BCUT2D eigenvalue weighted by Gasteiger charge is -2.30. The van der Waals surface area contributed by atoms with Gasteiger partial charge < -0.3 is 19.1 Å². The van der Waals surface area contributed by atoms with Crippen LogP contribution >= 0.6 is 0 Å². The molecular formula is C28H22FN3O5. The molecule has 0 saturated heterocycles. The van der Waals surface area contributed by atoms with Crippen LogP contribution in [0, 0.1) is 5.82 Å². The van der Waals surface area contributed by atoms with Gasteiger partial charge in [-0.1, -0.05) is 18.2 Å². The zero-order valence-electron chi connectivity index (χ0n) is 20.2. The van der Waals surface area contributed by atoms with Crippen LogP contribution in [0.5, 0.6) is 17.2 Å². The topological polar surface area (TPSA) is 87.6 Å². The average Bonchev–Trinajstić information content (AvgIpc) is 3.27. The Balaban J connectivity index is 1.82. The van der Waals surface area contributed by atoms with Crippen molar-refractivity contribution in [3.05, 3.63) is 105 Å². The largest absolute Gasteiger partial charge is 0.504 e. The van der Waals surface area contributed by atoms with Gasteiger partial charge in [-0.3, -0.25) is 13.9 Å². The maximum atomic E-state index is 13.9. The SMILES string of the molecule is COc1ccc([C@H]2Oc3ccccc3-n3c(-c4ccc(F)cc4)c4c(=O)n(C)c(=O)n(C)c4c32)cc1O. The van der Waals surface area contributed by atoms with Gasteiger partial charge in [-0.25, -0.2) is 9.18 Å². The van der Waals surface area contributed by atoms with Crippen LogP contribution in [0.1, 0.15) is 17.4 Å². The molecule has 1 atom stereocenters. The predicted octanol–water partition coefficient (Wildman–Crippen LogP) is 4.03. The molecule has 3 heterocycles. The smallest absolute Gasteiger partial charge is 0.331 e. The number of halogens is 1. The number of methoxy groups -OCH3 is 1. The van der Waals surface area contributed by atoms with E-state index in [1.54, 1.807) is 31.3 Å². The molecule has 0 bridgehead atoms. The first-order chi connectivity index (χ1) is 17.8. The van der Waals surface area contributed by atoms with E-state index in [0.29, 0.717) is 50.6 Å². The van der Waals surface area contributed by atoms with Crippen molar-refractivity contribution >= 4 is 10.9 Å². The van der Waals surface area contributed by atoms with Crippen molar-refractivity contribution < 1.29 is 19.0 Å². The molecule has 9 heteroatoms. The Kier molecular flexibility index (Phi) is 4.98. The Labute approximate surface area is 210 Å². The third-order valence-corrected chi connectivity index (χ3v) is 6.83. The van der Waals surface area contributed by atoms with Crippen LogP contribution in [0.3, 0.4) is 0 Å². The van der Waals surface area contributed by atoms with E-state index in [0.717, 1.165) is 4.57 Å². The number of aromatic hydroxyl groups is 1. The first-order valence-electron chi connectivity index (χ1n) is 11.5. The van der Waals surface area contributed by atoms with Gasteiger partial charge in [0.25, 0.3) is 5.56 Å². The highest BCUT2D eigenvalue weighted by atomic mass is 19.1. The van der Waals surface area contributed by atoms with Gasteiger partial charge in [-0.2, -0.15) is 0 Å². The van der Waals surface area contributed by atoms with Crippen molar-refractivity contribution in [3.8, 4) is 34.2 Å². The Morgan fingerprint density at radius 1 is 0.973 bits per heavy atom. The normalized spacial score (nSPS) is 14.2. The lowest BCUT2D eigenvalue weighted by atomic mass is 10.0. The Bertz CT molecular complexity index is 1830. The summed E-state index contributed by atoms with van der Waals surface area (Å²) >= 11 is 0. The molecule has 5 aromatic rings. The van der Waals surface area contributed by atoms with Crippen LogP contribution in [-0.4, -0.2) is 25.9 Å². The molecule has 1 aliphatic rings. The highest BCUT2D eigenvalue weighted by Gasteiger charge is 2.36. The number of aryl methyl sites for hydroxylation is 1. The molecular weight excluding hydrogens is 477 g/mol. The van der Waals surface area contributed by atoms with Crippen molar-refractivity contribution in [1.29, 1.82) is 0 Å². The van der Waals surface area contributed by atoms with E-state index in [2.05, 4.69) is 0 Å². The van der Waals surface area contributed by atoms with Gasteiger partial charge in [0, 0.05) is 19.7 Å². The molecule has 8 nitrogen and oxygen atoms in total. The lowest BCUT2D eigenvalue weighted by molar-refractivity contribution is 0.228. The molecule has 6 rings (SSSR count). The summed E-state index contributed by atoms with van der Waals surface area (Å²) in [5.74, 6) is 0.358. The summed E-state index contributed by atoms with van der Waals surface area (Å²) in [7, 11) is 4.49. The molecule has 0 spiro atoms. The molecule has 0 fully saturated rings. The number of phenols is 1. The van der Waals surface area contributed by atoms with Crippen molar-refractivity contribution in [2.75, 3.05) is 7.11 Å². The summed E-state index contributed by atoms with van der Waals surface area (Å²) in [4.78, 5) is 26.7. The molecule has 0 amide bonds. The number of aromatic nitrogens is 3. The number of nitrogens with zero attached hydrogens (tertiary/aromatic N) is 3. The van der Waals surface area contributed by atoms with E-state index in [4.69, 9.17) is 9.47 Å². The number of phenolic OH excluding ortho intramolecular Hbond substituents is 1. The summed E-state index contributed by atoms with van der Waals surface area (Å²) in [5, 5.41) is 10.8. The molecule has 2 aromatic heterocycles. The molecule has 0 radical (unpaired) electrons. The second kappa shape index (κ2) is 8.12. The number of hydrogen-bond acceptors (Lipinski definition) is 5. The molecule has 0 saturated carbocycles. The summed E-state index contributed by atoms with van der Waals surface area (Å²) in [6.07, 6.45) is -0.791. The van der Waals surface area contributed by atoms with Crippen LogP contribution in [0.4, 0.5) is 4.39 Å². The van der Waals surface area contributed by atoms with Gasteiger partial charge in [0.2, 0.25) is 0 Å². The number of ether oxygens (including phenoxy) is 2. The fraction of sp³-hybridized carbons (Fsp3) is 0.143. The van der Waals surface area contributed by atoms with Gasteiger partial charge in [-0.15, -0.1) is 0 Å². The van der Waals surface area contributed by atoms with E-state index in [9.17, 15) is 19.1 Å². The van der Waals surface area contributed by atoms with E-state index in [-0.39, 0.29) is 5.75 Å². The molecule has 0 unspecified atom stereocenters.